The molecule has 0 aromatic carbocycles. The smallest absolute Gasteiger partial charge is 0.191 e. The molecule has 6 nitrogen and oxygen atoms in total. The lowest BCUT2D eigenvalue weighted by Crippen LogP contribution is -2.57. The second-order valence-corrected chi connectivity index (χ2v) is 6.23. The molecule has 3 aliphatic heterocycles. The maximum atomic E-state index is 14.9. The predicted octanol–water partition coefficient (Wildman–Crippen LogP) is 0.0519. The van der Waals surface area contributed by atoms with Crippen molar-refractivity contribution in [3.63, 3.8) is 0 Å². The number of alkyl halides is 1. The van der Waals surface area contributed by atoms with Crippen LogP contribution in [-0.4, -0.2) is 63.5 Å². The molecule has 0 radical (unpaired) electrons. The van der Waals surface area contributed by atoms with Gasteiger partial charge in [0.15, 0.2) is 5.79 Å². The SMILES string of the molecule is O=S([O-])N(N1CC2COCC2C1)C1(F)CCOCC1. The van der Waals surface area contributed by atoms with E-state index in [-0.39, 0.29) is 26.1 Å². The minimum Gasteiger partial charge on any atom is -0.759 e. The van der Waals surface area contributed by atoms with Gasteiger partial charge in [-0.05, 0) is 0 Å². The van der Waals surface area contributed by atoms with Gasteiger partial charge < -0.3 is 14.0 Å². The molecule has 0 aromatic rings. The van der Waals surface area contributed by atoms with Crippen molar-refractivity contribution >= 4 is 11.3 Å². The van der Waals surface area contributed by atoms with Crippen molar-refractivity contribution in [1.82, 2.24) is 9.42 Å². The molecule has 0 N–H and O–H groups in total. The first-order valence-electron chi connectivity index (χ1n) is 6.59. The van der Waals surface area contributed by atoms with Crippen LogP contribution >= 0.6 is 0 Å². The van der Waals surface area contributed by atoms with E-state index in [1.165, 1.54) is 0 Å². The summed E-state index contributed by atoms with van der Waals surface area (Å²) in [6.45, 7) is 2.89. The summed E-state index contributed by atoms with van der Waals surface area (Å²) in [6, 6.07) is 0. The molecule has 0 spiro atoms. The Hall–Kier alpha value is -0.120. The average molecular weight is 293 g/mol. The van der Waals surface area contributed by atoms with Gasteiger partial charge in [0.25, 0.3) is 0 Å². The minimum atomic E-state index is -2.60. The van der Waals surface area contributed by atoms with E-state index in [4.69, 9.17) is 9.47 Å². The molecule has 3 rings (SSSR count). The van der Waals surface area contributed by atoms with Crippen molar-refractivity contribution in [1.29, 1.82) is 0 Å². The lowest BCUT2D eigenvalue weighted by molar-refractivity contribution is -0.147. The minimum absolute atomic E-state index is 0.0866. The van der Waals surface area contributed by atoms with Crippen molar-refractivity contribution in [2.45, 2.75) is 18.6 Å². The molecule has 3 fully saturated rings. The average Bonchev–Trinajstić information content (AvgIpc) is 2.89. The number of nitrogens with zero attached hydrogens (tertiary/aromatic N) is 2. The van der Waals surface area contributed by atoms with Gasteiger partial charge in [-0.2, -0.15) is 0 Å². The van der Waals surface area contributed by atoms with Crippen LogP contribution in [0.15, 0.2) is 0 Å². The summed E-state index contributed by atoms with van der Waals surface area (Å²) in [5.74, 6) is -1.21. The fraction of sp³-hybridized carbons (Fsp3) is 1.00. The van der Waals surface area contributed by atoms with Gasteiger partial charge in [0.2, 0.25) is 0 Å². The van der Waals surface area contributed by atoms with Gasteiger partial charge in [-0.15, -0.1) is 4.41 Å². The molecule has 3 saturated heterocycles. The number of hydrogen-bond acceptors (Lipinski definition) is 5. The molecule has 3 atom stereocenters. The third kappa shape index (κ3) is 2.57. The van der Waals surface area contributed by atoms with Gasteiger partial charge in [-0.3, -0.25) is 4.21 Å². The maximum Gasteiger partial charge on any atom is 0.191 e. The fourth-order valence-corrected chi connectivity index (χ4v) is 3.94. The first-order valence-corrected chi connectivity index (χ1v) is 7.62. The number of halogens is 1. The highest BCUT2D eigenvalue weighted by atomic mass is 32.2. The standard InChI is InChI=1S/C11H19FN2O4S/c12-11(1-3-17-4-2-11)14(19(15)16)13-5-9-7-18-8-10(9)6-13/h9-10H,1-8H2,(H,15,16)/p-1. The second-order valence-electron chi connectivity index (χ2n) is 5.45. The number of hydrogen-bond donors (Lipinski definition) is 0. The first-order chi connectivity index (χ1) is 9.10. The largest absolute Gasteiger partial charge is 0.759 e. The van der Waals surface area contributed by atoms with Crippen LogP contribution in [-0.2, 0) is 20.7 Å². The molecule has 0 saturated carbocycles. The van der Waals surface area contributed by atoms with E-state index in [9.17, 15) is 13.2 Å². The first kappa shape index (κ1) is 13.8. The quantitative estimate of drug-likeness (QED) is 0.543. The molecule has 3 aliphatic rings. The summed E-state index contributed by atoms with van der Waals surface area (Å²) in [7, 11) is 0. The summed E-state index contributed by atoms with van der Waals surface area (Å²) in [5, 5.41) is 1.63. The summed E-state index contributed by atoms with van der Waals surface area (Å²) >= 11 is -2.60. The number of hydrazine groups is 1. The van der Waals surface area contributed by atoms with Crippen molar-refractivity contribution in [2.75, 3.05) is 39.5 Å². The van der Waals surface area contributed by atoms with Crippen LogP contribution in [0.1, 0.15) is 12.8 Å². The highest BCUT2D eigenvalue weighted by Gasteiger charge is 2.48. The number of ether oxygens (including phenoxy) is 2. The van der Waals surface area contributed by atoms with Crippen LogP contribution in [0.5, 0.6) is 0 Å². The lowest BCUT2D eigenvalue weighted by atomic mass is 10.0. The van der Waals surface area contributed by atoms with Gasteiger partial charge in [0.05, 0.1) is 26.4 Å². The van der Waals surface area contributed by atoms with Crippen molar-refractivity contribution < 1.29 is 22.6 Å². The van der Waals surface area contributed by atoms with Crippen LogP contribution in [0.4, 0.5) is 4.39 Å². The second kappa shape index (κ2) is 5.34. The van der Waals surface area contributed by atoms with Crippen LogP contribution < -0.4 is 0 Å². The summed E-state index contributed by atoms with van der Waals surface area (Å²) in [6.07, 6.45) is 0.173. The van der Waals surface area contributed by atoms with Gasteiger partial charge in [-0.1, -0.05) is 0 Å². The zero-order valence-corrected chi connectivity index (χ0v) is 11.4. The maximum absolute atomic E-state index is 14.9. The fourth-order valence-electron chi connectivity index (χ4n) is 3.17. The van der Waals surface area contributed by atoms with Crippen molar-refractivity contribution in [3.8, 4) is 0 Å². The monoisotopic (exact) mass is 293 g/mol. The van der Waals surface area contributed by atoms with E-state index >= 15 is 0 Å². The topological polar surface area (TPSA) is 65.1 Å². The van der Waals surface area contributed by atoms with E-state index in [0.29, 0.717) is 38.1 Å². The zero-order valence-electron chi connectivity index (χ0n) is 10.6. The van der Waals surface area contributed by atoms with E-state index < -0.39 is 17.1 Å². The molecule has 3 unspecified atom stereocenters. The number of fused-ring (bicyclic) bond motifs is 1. The Morgan fingerprint density at radius 1 is 1.21 bits per heavy atom. The molecule has 110 valence electrons. The molecule has 8 heteroatoms. The summed E-state index contributed by atoms with van der Waals surface area (Å²) < 4.78 is 49.3. The van der Waals surface area contributed by atoms with Gasteiger partial charge >= 0.3 is 0 Å². The summed E-state index contributed by atoms with van der Waals surface area (Å²) in [5.41, 5.74) is 0. The number of rotatable bonds is 3. The lowest BCUT2D eigenvalue weighted by Gasteiger charge is -2.44. The van der Waals surface area contributed by atoms with Crippen LogP contribution in [0.3, 0.4) is 0 Å². The molecule has 0 bridgehead atoms. The molecule has 3 heterocycles. The van der Waals surface area contributed by atoms with E-state index in [1.807, 2.05) is 0 Å². The Bertz CT molecular complexity index is 355. The highest BCUT2D eigenvalue weighted by molar-refractivity contribution is 7.76. The molecule has 19 heavy (non-hydrogen) atoms. The van der Waals surface area contributed by atoms with Gasteiger partial charge in [0.1, 0.15) is 0 Å². The van der Waals surface area contributed by atoms with E-state index in [1.54, 1.807) is 5.01 Å². The van der Waals surface area contributed by atoms with Gasteiger partial charge in [-0.25, -0.2) is 9.40 Å². The van der Waals surface area contributed by atoms with Gasteiger partial charge in [0, 0.05) is 49.0 Å². The Balaban J connectivity index is 1.76. The normalized spacial score (nSPS) is 36.6. The Kier molecular flexibility index (Phi) is 3.89. The molecule has 0 amide bonds. The van der Waals surface area contributed by atoms with Crippen molar-refractivity contribution in [3.05, 3.63) is 0 Å². The van der Waals surface area contributed by atoms with Crippen molar-refractivity contribution in [2.24, 2.45) is 11.8 Å². The third-order valence-electron chi connectivity index (χ3n) is 4.22. The van der Waals surface area contributed by atoms with E-state index in [0.717, 1.165) is 4.41 Å². The predicted molar refractivity (Wildman–Crippen MR) is 64.0 cm³/mol. The Morgan fingerprint density at radius 2 is 1.79 bits per heavy atom. The molecular weight excluding hydrogens is 275 g/mol. The third-order valence-corrected chi connectivity index (χ3v) is 5.06. The highest BCUT2D eigenvalue weighted by Crippen LogP contribution is 2.37. The Morgan fingerprint density at radius 3 is 2.32 bits per heavy atom. The summed E-state index contributed by atoms with van der Waals surface area (Å²) in [4.78, 5) is 0. The molecular formula is C11H18FN2O4S-. The molecule has 0 aromatic heterocycles. The molecule has 0 aliphatic carbocycles. The zero-order chi connectivity index (χ0) is 13.5. The van der Waals surface area contributed by atoms with Crippen LogP contribution in [0, 0.1) is 11.8 Å². The van der Waals surface area contributed by atoms with Crippen LogP contribution in [0.25, 0.3) is 0 Å². The Labute approximate surface area is 114 Å². The van der Waals surface area contributed by atoms with Crippen LogP contribution in [0.2, 0.25) is 0 Å². The van der Waals surface area contributed by atoms with E-state index in [2.05, 4.69) is 0 Å².